The molecular weight excluding hydrogens is 356 g/mol. The van der Waals surface area contributed by atoms with Gasteiger partial charge in [0, 0.05) is 25.3 Å². The third kappa shape index (κ3) is 3.98. The Kier molecular flexibility index (Phi) is 5.51. The number of aromatic nitrogens is 1. The Bertz CT molecular complexity index is 924. The molecule has 2 atom stereocenters. The van der Waals surface area contributed by atoms with Crippen LogP contribution in [0.3, 0.4) is 0 Å². The molecule has 3 heterocycles. The fourth-order valence-electron chi connectivity index (χ4n) is 4.30. The van der Waals surface area contributed by atoms with Gasteiger partial charge in [-0.3, -0.25) is 9.59 Å². The Morgan fingerprint density at radius 3 is 2.64 bits per heavy atom. The van der Waals surface area contributed by atoms with E-state index in [1.165, 1.54) is 0 Å². The lowest BCUT2D eigenvalue weighted by atomic mass is 10.0. The molecule has 1 aromatic carbocycles. The van der Waals surface area contributed by atoms with Crippen molar-refractivity contribution in [3.8, 4) is 0 Å². The molecule has 2 aliphatic heterocycles. The molecule has 0 bridgehead atoms. The smallest absolute Gasteiger partial charge is 0.253 e. The van der Waals surface area contributed by atoms with Crippen molar-refractivity contribution in [2.45, 2.75) is 58.3 Å². The normalized spacial score (nSPS) is 22.1. The Morgan fingerprint density at radius 2 is 1.93 bits per heavy atom. The van der Waals surface area contributed by atoms with Crippen molar-refractivity contribution in [2.75, 3.05) is 19.8 Å². The van der Waals surface area contributed by atoms with E-state index in [1.54, 1.807) is 4.90 Å². The SMILES string of the molecule is Cc1cc(C)c2[nH]c(=O)c(CN(C[C@H]3CCCO3)C(=O)[C@H]3CCCO3)cc2c1. The number of aromatic amines is 1. The van der Waals surface area contributed by atoms with Crippen LogP contribution in [0.5, 0.6) is 0 Å². The van der Waals surface area contributed by atoms with E-state index in [0.717, 1.165) is 54.3 Å². The van der Waals surface area contributed by atoms with Gasteiger partial charge in [0.25, 0.3) is 11.5 Å². The summed E-state index contributed by atoms with van der Waals surface area (Å²) in [5, 5.41) is 0.994. The van der Waals surface area contributed by atoms with E-state index in [4.69, 9.17) is 9.47 Å². The average Bonchev–Trinajstić information content (AvgIpc) is 3.35. The minimum absolute atomic E-state index is 0.0343. The number of carbonyl (C=O) groups is 1. The fraction of sp³-hybridized carbons (Fsp3) is 0.545. The second-order valence-electron chi connectivity index (χ2n) is 8.03. The van der Waals surface area contributed by atoms with Crippen molar-refractivity contribution < 1.29 is 14.3 Å². The summed E-state index contributed by atoms with van der Waals surface area (Å²) in [6, 6.07) is 6.04. The summed E-state index contributed by atoms with van der Waals surface area (Å²) in [7, 11) is 0. The maximum absolute atomic E-state index is 13.1. The van der Waals surface area contributed by atoms with Gasteiger partial charge in [-0.2, -0.15) is 0 Å². The minimum atomic E-state index is -0.398. The fourth-order valence-corrected chi connectivity index (χ4v) is 4.30. The van der Waals surface area contributed by atoms with Crippen LogP contribution in [0.25, 0.3) is 10.9 Å². The maximum atomic E-state index is 13.1. The van der Waals surface area contributed by atoms with Gasteiger partial charge in [0.2, 0.25) is 0 Å². The van der Waals surface area contributed by atoms with Crippen LogP contribution < -0.4 is 5.56 Å². The van der Waals surface area contributed by atoms with Crippen LogP contribution in [0.15, 0.2) is 23.0 Å². The van der Waals surface area contributed by atoms with Gasteiger partial charge in [0.15, 0.2) is 0 Å². The van der Waals surface area contributed by atoms with Gasteiger partial charge in [-0.15, -0.1) is 0 Å². The highest BCUT2D eigenvalue weighted by Gasteiger charge is 2.31. The quantitative estimate of drug-likeness (QED) is 0.860. The van der Waals surface area contributed by atoms with Crippen molar-refractivity contribution in [3.63, 3.8) is 0 Å². The zero-order chi connectivity index (χ0) is 19.7. The summed E-state index contributed by atoms with van der Waals surface area (Å²) < 4.78 is 11.4. The summed E-state index contributed by atoms with van der Waals surface area (Å²) in [5.41, 5.74) is 3.51. The zero-order valence-corrected chi connectivity index (χ0v) is 16.6. The monoisotopic (exact) mass is 384 g/mol. The number of H-pyrrole nitrogens is 1. The standard InChI is InChI=1S/C22H28N2O4/c1-14-9-15(2)20-16(10-14)11-17(21(25)23-20)12-24(13-18-5-3-7-27-18)22(26)19-6-4-8-28-19/h9-11,18-19H,3-8,12-13H2,1-2H3,(H,23,25)/t18-,19-/m1/s1. The first kappa shape index (κ1) is 19.2. The van der Waals surface area contributed by atoms with E-state index in [9.17, 15) is 9.59 Å². The van der Waals surface area contributed by atoms with Gasteiger partial charge < -0.3 is 19.4 Å². The van der Waals surface area contributed by atoms with Gasteiger partial charge in [-0.1, -0.05) is 11.6 Å². The van der Waals surface area contributed by atoms with E-state index in [0.29, 0.717) is 18.7 Å². The van der Waals surface area contributed by atoms with Gasteiger partial charge >= 0.3 is 0 Å². The molecule has 6 heteroatoms. The van der Waals surface area contributed by atoms with Crippen molar-refractivity contribution in [2.24, 2.45) is 0 Å². The molecule has 2 saturated heterocycles. The van der Waals surface area contributed by atoms with Gasteiger partial charge in [0.05, 0.1) is 18.2 Å². The number of nitrogens with one attached hydrogen (secondary N) is 1. The lowest BCUT2D eigenvalue weighted by Crippen LogP contribution is -2.43. The Morgan fingerprint density at radius 1 is 1.14 bits per heavy atom. The second kappa shape index (κ2) is 8.05. The van der Waals surface area contributed by atoms with Crippen molar-refractivity contribution in [1.82, 2.24) is 9.88 Å². The molecule has 0 aliphatic carbocycles. The van der Waals surface area contributed by atoms with E-state index in [2.05, 4.69) is 17.1 Å². The molecule has 0 unspecified atom stereocenters. The lowest BCUT2D eigenvalue weighted by molar-refractivity contribution is -0.143. The Labute approximate surface area is 164 Å². The molecule has 4 rings (SSSR count). The third-order valence-electron chi connectivity index (χ3n) is 5.70. The number of hydrogen-bond donors (Lipinski definition) is 1. The molecule has 1 N–H and O–H groups in total. The molecule has 28 heavy (non-hydrogen) atoms. The van der Waals surface area contributed by atoms with Crippen LogP contribution >= 0.6 is 0 Å². The van der Waals surface area contributed by atoms with Crippen LogP contribution in [-0.2, 0) is 20.8 Å². The highest BCUT2D eigenvalue weighted by molar-refractivity contribution is 5.83. The molecule has 6 nitrogen and oxygen atoms in total. The van der Waals surface area contributed by atoms with Crippen LogP contribution in [0.4, 0.5) is 0 Å². The predicted octanol–water partition coefficient (Wildman–Crippen LogP) is 2.83. The highest BCUT2D eigenvalue weighted by Crippen LogP contribution is 2.22. The van der Waals surface area contributed by atoms with Gasteiger partial charge in [-0.25, -0.2) is 0 Å². The molecule has 2 aromatic rings. The number of rotatable bonds is 5. The first-order chi connectivity index (χ1) is 13.5. The molecule has 1 amide bonds. The molecular formula is C22H28N2O4. The van der Waals surface area contributed by atoms with E-state index in [1.807, 2.05) is 19.9 Å². The van der Waals surface area contributed by atoms with Crippen molar-refractivity contribution in [1.29, 1.82) is 0 Å². The number of nitrogens with zero attached hydrogens (tertiary/aromatic N) is 1. The number of pyridine rings is 1. The Hall–Kier alpha value is -2.18. The molecule has 0 radical (unpaired) electrons. The number of benzene rings is 1. The minimum Gasteiger partial charge on any atom is -0.376 e. The number of aryl methyl sites for hydroxylation is 2. The first-order valence-corrected chi connectivity index (χ1v) is 10.2. The highest BCUT2D eigenvalue weighted by atomic mass is 16.5. The predicted molar refractivity (Wildman–Crippen MR) is 107 cm³/mol. The average molecular weight is 384 g/mol. The topological polar surface area (TPSA) is 71.6 Å². The van der Waals surface area contributed by atoms with Gasteiger partial charge in [-0.05, 0) is 62.6 Å². The number of fused-ring (bicyclic) bond motifs is 1. The van der Waals surface area contributed by atoms with Crippen molar-refractivity contribution >= 4 is 16.8 Å². The molecule has 0 spiro atoms. The summed E-state index contributed by atoms with van der Waals surface area (Å²) >= 11 is 0. The zero-order valence-electron chi connectivity index (χ0n) is 16.6. The first-order valence-electron chi connectivity index (χ1n) is 10.2. The van der Waals surface area contributed by atoms with Gasteiger partial charge in [0.1, 0.15) is 6.10 Å². The molecule has 0 saturated carbocycles. The summed E-state index contributed by atoms with van der Waals surface area (Å²) in [6.07, 6.45) is 3.25. The number of hydrogen-bond acceptors (Lipinski definition) is 4. The summed E-state index contributed by atoms with van der Waals surface area (Å²) in [6.45, 7) is 6.18. The summed E-state index contributed by atoms with van der Waals surface area (Å²) in [5.74, 6) is -0.0343. The molecule has 2 fully saturated rings. The number of amides is 1. The molecule has 150 valence electrons. The van der Waals surface area contributed by atoms with E-state index >= 15 is 0 Å². The van der Waals surface area contributed by atoms with Crippen molar-refractivity contribution in [3.05, 3.63) is 45.2 Å². The maximum Gasteiger partial charge on any atom is 0.253 e. The molecule has 2 aliphatic rings. The summed E-state index contributed by atoms with van der Waals surface area (Å²) in [4.78, 5) is 30.5. The van der Waals surface area contributed by atoms with E-state index in [-0.39, 0.29) is 24.1 Å². The van der Waals surface area contributed by atoms with Crippen LogP contribution in [-0.4, -0.2) is 47.8 Å². The van der Waals surface area contributed by atoms with Crippen LogP contribution in [0.1, 0.15) is 42.4 Å². The largest absolute Gasteiger partial charge is 0.376 e. The third-order valence-corrected chi connectivity index (χ3v) is 5.70. The second-order valence-corrected chi connectivity index (χ2v) is 8.03. The lowest BCUT2D eigenvalue weighted by Gasteiger charge is -2.27. The number of carbonyl (C=O) groups excluding carboxylic acids is 1. The Balaban J connectivity index is 1.64. The van der Waals surface area contributed by atoms with E-state index < -0.39 is 6.10 Å². The van der Waals surface area contributed by atoms with Crippen LogP contribution in [0.2, 0.25) is 0 Å². The number of ether oxygens (including phenoxy) is 2. The van der Waals surface area contributed by atoms with Crippen LogP contribution in [0, 0.1) is 13.8 Å². The molecule has 1 aromatic heterocycles.